The van der Waals surface area contributed by atoms with Crippen molar-refractivity contribution in [1.29, 1.82) is 0 Å². The first-order valence-corrected chi connectivity index (χ1v) is 6.16. The molecule has 0 spiro atoms. The molecule has 0 amide bonds. The lowest BCUT2D eigenvalue weighted by Gasteiger charge is -2.18. The van der Waals surface area contributed by atoms with Gasteiger partial charge in [-0.05, 0) is 49.4 Å². The van der Waals surface area contributed by atoms with Crippen molar-refractivity contribution < 1.29 is 5.11 Å². The topological polar surface area (TPSA) is 32.3 Å². The molecular weight excluding hydrogens is 198 g/mol. The Morgan fingerprint density at radius 1 is 1.38 bits per heavy atom. The van der Waals surface area contributed by atoms with Gasteiger partial charge in [-0.3, -0.25) is 0 Å². The first-order chi connectivity index (χ1) is 7.59. The average molecular weight is 219 g/mol. The van der Waals surface area contributed by atoms with Gasteiger partial charge in [0.2, 0.25) is 0 Å². The normalized spacial score (nSPS) is 20.6. The van der Waals surface area contributed by atoms with Gasteiger partial charge in [0.05, 0.1) is 0 Å². The van der Waals surface area contributed by atoms with Gasteiger partial charge < -0.3 is 10.4 Å². The first kappa shape index (κ1) is 11.5. The highest BCUT2D eigenvalue weighted by atomic mass is 16.3. The predicted molar refractivity (Wildman–Crippen MR) is 66.9 cm³/mol. The molecule has 1 unspecified atom stereocenters. The molecule has 88 valence electrons. The second kappa shape index (κ2) is 4.46. The second-order valence-electron chi connectivity index (χ2n) is 5.07. The molecule has 16 heavy (non-hydrogen) atoms. The Morgan fingerprint density at radius 2 is 2.12 bits per heavy atom. The van der Waals surface area contributed by atoms with E-state index in [2.05, 4.69) is 32.2 Å². The van der Waals surface area contributed by atoms with Crippen molar-refractivity contribution in [3.05, 3.63) is 28.8 Å². The van der Waals surface area contributed by atoms with Crippen LogP contribution in [0.3, 0.4) is 0 Å². The smallest absolute Gasteiger partial charge is 0.120 e. The fourth-order valence-corrected chi connectivity index (χ4v) is 2.58. The van der Waals surface area contributed by atoms with Crippen LogP contribution in [-0.2, 0) is 0 Å². The molecule has 2 nitrogen and oxygen atoms in total. The Hall–Kier alpha value is -1.02. The fourth-order valence-electron chi connectivity index (χ4n) is 2.58. The van der Waals surface area contributed by atoms with Crippen LogP contribution in [0, 0.1) is 6.92 Å². The number of hydrogen-bond donors (Lipinski definition) is 2. The van der Waals surface area contributed by atoms with Gasteiger partial charge in [-0.1, -0.05) is 19.9 Å². The lowest BCUT2D eigenvalue weighted by molar-refractivity contribution is 0.456. The van der Waals surface area contributed by atoms with E-state index in [9.17, 15) is 5.11 Å². The zero-order valence-corrected chi connectivity index (χ0v) is 10.4. The minimum Gasteiger partial charge on any atom is -0.508 e. The second-order valence-corrected chi connectivity index (χ2v) is 5.07. The molecule has 1 heterocycles. The van der Waals surface area contributed by atoms with Crippen molar-refractivity contribution in [3.8, 4) is 5.75 Å². The fraction of sp³-hybridized carbons (Fsp3) is 0.571. The summed E-state index contributed by atoms with van der Waals surface area (Å²) in [5.41, 5.74) is 3.61. The van der Waals surface area contributed by atoms with Crippen LogP contribution in [0.2, 0.25) is 0 Å². The molecule has 1 fully saturated rings. The van der Waals surface area contributed by atoms with Crippen LogP contribution in [0.15, 0.2) is 12.1 Å². The summed E-state index contributed by atoms with van der Waals surface area (Å²) in [5, 5.41) is 13.5. The summed E-state index contributed by atoms with van der Waals surface area (Å²) >= 11 is 0. The number of aromatic hydroxyl groups is 1. The Bertz CT molecular complexity index is 379. The number of phenols is 1. The third-order valence-corrected chi connectivity index (χ3v) is 3.47. The van der Waals surface area contributed by atoms with Crippen LogP contribution in [0.25, 0.3) is 0 Å². The zero-order valence-electron chi connectivity index (χ0n) is 10.4. The summed E-state index contributed by atoms with van der Waals surface area (Å²) in [6, 6.07) is 4.43. The molecule has 1 atom stereocenters. The highest BCUT2D eigenvalue weighted by Gasteiger charge is 2.20. The number of nitrogens with one attached hydrogen (secondary N) is 1. The molecule has 2 rings (SSSR count). The van der Waals surface area contributed by atoms with E-state index in [1.54, 1.807) is 0 Å². The van der Waals surface area contributed by atoms with Crippen molar-refractivity contribution in [2.75, 3.05) is 6.54 Å². The van der Waals surface area contributed by atoms with Crippen LogP contribution < -0.4 is 5.32 Å². The maximum absolute atomic E-state index is 10.0. The van der Waals surface area contributed by atoms with E-state index in [-0.39, 0.29) is 0 Å². The monoisotopic (exact) mass is 219 g/mol. The van der Waals surface area contributed by atoms with Gasteiger partial charge in [0.1, 0.15) is 5.75 Å². The summed E-state index contributed by atoms with van der Waals surface area (Å²) in [7, 11) is 0. The summed E-state index contributed by atoms with van der Waals surface area (Å²) < 4.78 is 0. The Labute approximate surface area is 97.7 Å². The van der Waals surface area contributed by atoms with Crippen molar-refractivity contribution in [2.45, 2.75) is 45.6 Å². The van der Waals surface area contributed by atoms with E-state index in [1.807, 2.05) is 6.07 Å². The lowest BCUT2D eigenvalue weighted by Crippen LogP contribution is -2.13. The highest BCUT2D eigenvalue weighted by molar-refractivity contribution is 5.44. The molecule has 2 N–H and O–H groups in total. The van der Waals surface area contributed by atoms with E-state index < -0.39 is 0 Å². The van der Waals surface area contributed by atoms with E-state index in [0.717, 1.165) is 18.5 Å². The Morgan fingerprint density at radius 3 is 2.69 bits per heavy atom. The van der Waals surface area contributed by atoms with Gasteiger partial charge in [-0.15, -0.1) is 0 Å². The third-order valence-electron chi connectivity index (χ3n) is 3.47. The molecule has 1 aromatic rings. The quantitative estimate of drug-likeness (QED) is 0.800. The van der Waals surface area contributed by atoms with Crippen LogP contribution in [-0.4, -0.2) is 11.7 Å². The Balaban J connectivity index is 2.40. The number of rotatable bonds is 2. The van der Waals surface area contributed by atoms with Crippen LogP contribution in [0.1, 0.15) is 55.3 Å². The minimum atomic E-state index is 0.345. The molecule has 0 aromatic heterocycles. The van der Waals surface area contributed by atoms with Gasteiger partial charge >= 0.3 is 0 Å². The number of phenolic OH excluding ortho intramolecular Hbond substituents is 1. The van der Waals surface area contributed by atoms with Crippen molar-refractivity contribution in [3.63, 3.8) is 0 Å². The summed E-state index contributed by atoms with van der Waals surface area (Å²) in [4.78, 5) is 0. The molecule has 0 radical (unpaired) electrons. The van der Waals surface area contributed by atoms with Gasteiger partial charge in [0.25, 0.3) is 0 Å². The third kappa shape index (κ3) is 2.07. The van der Waals surface area contributed by atoms with E-state index >= 15 is 0 Å². The predicted octanol–water partition coefficient (Wildman–Crippen LogP) is 3.25. The molecule has 1 saturated heterocycles. The molecule has 0 bridgehead atoms. The van der Waals surface area contributed by atoms with Gasteiger partial charge in [0, 0.05) is 11.6 Å². The lowest BCUT2D eigenvalue weighted by atomic mass is 9.92. The van der Waals surface area contributed by atoms with Gasteiger partial charge in [-0.25, -0.2) is 0 Å². The number of aryl methyl sites for hydroxylation is 1. The van der Waals surface area contributed by atoms with Crippen molar-refractivity contribution >= 4 is 0 Å². The standard InChI is InChI=1S/C14H21NO/c1-9(2)11-8-12(13-5-4-6-15-13)14(16)7-10(11)3/h7-9,13,15-16H,4-6H2,1-3H3. The Kier molecular flexibility index (Phi) is 3.20. The number of benzene rings is 1. The van der Waals surface area contributed by atoms with E-state index in [4.69, 9.17) is 0 Å². The van der Waals surface area contributed by atoms with Crippen LogP contribution in [0.5, 0.6) is 5.75 Å². The largest absolute Gasteiger partial charge is 0.508 e. The molecule has 0 saturated carbocycles. The maximum Gasteiger partial charge on any atom is 0.120 e. The summed E-state index contributed by atoms with van der Waals surface area (Å²) in [6.45, 7) is 7.53. The highest BCUT2D eigenvalue weighted by Crippen LogP contribution is 2.34. The average Bonchev–Trinajstić information content (AvgIpc) is 2.70. The zero-order chi connectivity index (χ0) is 11.7. The molecule has 1 aliphatic rings. The molecule has 1 aromatic carbocycles. The van der Waals surface area contributed by atoms with Crippen LogP contribution in [0.4, 0.5) is 0 Å². The minimum absolute atomic E-state index is 0.345. The number of hydrogen-bond acceptors (Lipinski definition) is 2. The van der Waals surface area contributed by atoms with Gasteiger partial charge in [0.15, 0.2) is 0 Å². The molecule has 2 heteroatoms. The SMILES string of the molecule is Cc1cc(O)c(C2CCCN2)cc1C(C)C. The molecule has 0 aliphatic carbocycles. The van der Waals surface area contributed by atoms with Gasteiger partial charge in [-0.2, -0.15) is 0 Å². The maximum atomic E-state index is 10.0. The van der Waals surface area contributed by atoms with E-state index in [1.165, 1.54) is 17.5 Å². The van der Waals surface area contributed by atoms with E-state index in [0.29, 0.717) is 17.7 Å². The summed E-state index contributed by atoms with van der Waals surface area (Å²) in [6.07, 6.45) is 2.34. The summed E-state index contributed by atoms with van der Waals surface area (Å²) in [5.74, 6) is 0.960. The molecule has 1 aliphatic heterocycles. The van der Waals surface area contributed by atoms with Crippen molar-refractivity contribution in [1.82, 2.24) is 5.32 Å². The van der Waals surface area contributed by atoms with Crippen molar-refractivity contribution in [2.24, 2.45) is 0 Å². The first-order valence-electron chi connectivity index (χ1n) is 6.16. The molecular formula is C14H21NO. The van der Waals surface area contributed by atoms with Crippen LogP contribution >= 0.6 is 0 Å².